The Morgan fingerprint density at radius 2 is 2.21 bits per heavy atom. The van der Waals surface area contributed by atoms with E-state index in [1.165, 1.54) is 17.6 Å². The lowest BCUT2D eigenvalue weighted by Gasteiger charge is -2.26. The van der Waals surface area contributed by atoms with Gasteiger partial charge in [-0.25, -0.2) is 4.98 Å². The molecule has 0 spiro atoms. The molecule has 104 valence electrons. The third-order valence-electron chi connectivity index (χ3n) is 3.03. The minimum Gasteiger partial charge on any atom is -0.363 e. The van der Waals surface area contributed by atoms with Crippen molar-refractivity contribution in [3.05, 3.63) is 27.9 Å². The zero-order valence-corrected chi connectivity index (χ0v) is 11.8. The fourth-order valence-corrected chi connectivity index (χ4v) is 2.96. The number of thioether (sulfide) groups is 1. The van der Waals surface area contributed by atoms with Crippen LogP contribution in [0.25, 0.3) is 0 Å². The summed E-state index contributed by atoms with van der Waals surface area (Å²) in [4.78, 5) is 17.1. The van der Waals surface area contributed by atoms with Crippen molar-refractivity contribution >= 4 is 23.3 Å². The zero-order valence-electron chi connectivity index (χ0n) is 11.0. The molecule has 1 N–H and O–H groups in total. The largest absolute Gasteiger partial charge is 0.363 e. The Morgan fingerprint density at radius 3 is 2.89 bits per heavy atom. The molecule has 2 rings (SSSR count). The Morgan fingerprint density at radius 1 is 1.47 bits per heavy atom. The molecule has 0 saturated carbocycles. The van der Waals surface area contributed by atoms with Crippen molar-refractivity contribution in [3.8, 4) is 0 Å². The Hall–Kier alpha value is -1.34. The van der Waals surface area contributed by atoms with Crippen molar-refractivity contribution in [3.63, 3.8) is 0 Å². The number of hydrogen-bond donors (Lipinski definition) is 1. The summed E-state index contributed by atoms with van der Waals surface area (Å²) in [6, 6.07) is 3.16. The highest BCUT2D eigenvalue weighted by atomic mass is 32.2. The molecule has 0 aromatic carbocycles. The van der Waals surface area contributed by atoms with Crippen LogP contribution in [-0.2, 0) is 0 Å². The minimum absolute atomic E-state index is 0.0415. The number of nitrogens with one attached hydrogen (secondary N) is 1. The maximum absolute atomic E-state index is 10.9. The van der Waals surface area contributed by atoms with Gasteiger partial charge in [-0.3, -0.25) is 15.0 Å². The molecule has 7 heteroatoms. The van der Waals surface area contributed by atoms with Gasteiger partial charge in [0.25, 0.3) is 0 Å². The van der Waals surface area contributed by atoms with Crippen molar-refractivity contribution in [1.29, 1.82) is 0 Å². The number of pyridine rings is 1. The van der Waals surface area contributed by atoms with E-state index in [0.717, 1.165) is 25.3 Å². The summed E-state index contributed by atoms with van der Waals surface area (Å²) in [6.07, 6.45) is 0. The van der Waals surface area contributed by atoms with E-state index in [9.17, 15) is 10.1 Å². The van der Waals surface area contributed by atoms with E-state index >= 15 is 0 Å². The number of nitrogens with zero attached hydrogens (tertiary/aromatic N) is 3. The zero-order chi connectivity index (χ0) is 13.7. The van der Waals surface area contributed by atoms with Crippen LogP contribution in [0.5, 0.6) is 0 Å². The second kappa shape index (κ2) is 6.72. The lowest BCUT2D eigenvalue weighted by atomic mass is 10.3. The van der Waals surface area contributed by atoms with Crippen LogP contribution < -0.4 is 5.32 Å². The quantitative estimate of drug-likeness (QED) is 0.655. The van der Waals surface area contributed by atoms with Crippen LogP contribution in [0.1, 0.15) is 5.69 Å². The molecule has 1 aromatic heterocycles. The lowest BCUT2D eigenvalue weighted by Crippen LogP contribution is -2.36. The molecule has 2 heterocycles. The number of rotatable bonds is 5. The number of anilines is 1. The summed E-state index contributed by atoms with van der Waals surface area (Å²) in [5.74, 6) is 2.71. The fourth-order valence-electron chi connectivity index (χ4n) is 1.98. The first-order valence-electron chi connectivity index (χ1n) is 6.33. The van der Waals surface area contributed by atoms with E-state index in [1.54, 1.807) is 6.07 Å². The Bertz CT molecular complexity index is 449. The first-order chi connectivity index (χ1) is 9.16. The van der Waals surface area contributed by atoms with E-state index in [1.807, 2.05) is 18.7 Å². The standard InChI is InChI=1S/C12H18N4O2S/c1-10-2-3-11(16(17)18)12(14-10)13-4-5-15-6-8-19-9-7-15/h2-3H,4-9H2,1H3,(H,13,14). The molecule has 1 aliphatic rings. The van der Waals surface area contributed by atoms with Gasteiger partial charge >= 0.3 is 5.69 Å². The monoisotopic (exact) mass is 282 g/mol. The van der Waals surface area contributed by atoms with Crippen molar-refractivity contribution < 1.29 is 4.92 Å². The van der Waals surface area contributed by atoms with Crippen molar-refractivity contribution in [2.24, 2.45) is 0 Å². The maximum atomic E-state index is 10.9. The summed E-state index contributed by atoms with van der Waals surface area (Å²) < 4.78 is 0. The third-order valence-corrected chi connectivity index (χ3v) is 3.98. The molecule has 1 fully saturated rings. The highest BCUT2D eigenvalue weighted by molar-refractivity contribution is 7.99. The molecule has 1 saturated heterocycles. The number of aromatic nitrogens is 1. The lowest BCUT2D eigenvalue weighted by molar-refractivity contribution is -0.384. The van der Waals surface area contributed by atoms with Crippen LogP contribution in [0.3, 0.4) is 0 Å². The van der Waals surface area contributed by atoms with Crippen molar-refractivity contribution in [1.82, 2.24) is 9.88 Å². The van der Waals surface area contributed by atoms with Crippen molar-refractivity contribution in [2.75, 3.05) is 43.0 Å². The number of nitro groups is 1. The van der Waals surface area contributed by atoms with Crippen LogP contribution >= 0.6 is 11.8 Å². The van der Waals surface area contributed by atoms with Gasteiger partial charge in [0, 0.05) is 49.4 Å². The van der Waals surface area contributed by atoms with Gasteiger partial charge < -0.3 is 5.32 Å². The molecule has 1 aliphatic heterocycles. The predicted octanol–water partition coefficient (Wildman–Crippen LogP) is 1.76. The van der Waals surface area contributed by atoms with Gasteiger partial charge in [-0.15, -0.1) is 0 Å². The molecule has 0 amide bonds. The summed E-state index contributed by atoms with van der Waals surface area (Å²) in [5.41, 5.74) is 0.822. The van der Waals surface area contributed by atoms with Gasteiger partial charge in [-0.2, -0.15) is 11.8 Å². The van der Waals surface area contributed by atoms with Crippen LogP contribution in [0, 0.1) is 17.0 Å². The molecular formula is C12H18N4O2S. The van der Waals surface area contributed by atoms with Gasteiger partial charge in [0.05, 0.1) is 4.92 Å². The Kier molecular flexibility index (Phi) is 4.98. The maximum Gasteiger partial charge on any atom is 0.311 e. The predicted molar refractivity (Wildman–Crippen MR) is 77.9 cm³/mol. The smallest absolute Gasteiger partial charge is 0.311 e. The summed E-state index contributed by atoms with van der Waals surface area (Å²) in [7, 11) is 0. The van der Waals surface area contributed by atoms with Gasteiger partial charge in [0.2, 0.25) is 5.82 Å². The molecule has 6 nitrogen and oxygen atoms in total. The second-order valence-electron chi connectivity index (χ2n) is 4.46. The molecule has 0 aliphatic carbocycles. The summed E-state index contributed by atoms with van der Waals surface area (Å²) >= 11 is 1.97. The van der Waals surface area contributed by atoms with Gasteiger partial charge in [0.1, 0.15) is 0 Å². The van der Waals surface area contributed by atoms with Crippen molar-refractivity contribution in [2.45, 2.75) is 6.92 Å². The normalized spacial score (nSPS) is 16.3. The van der Waals surface area contributed by atoms with Crippen LogP contribution in [0.4, 0.5) is 11.5 Å². The summed E-state index contributed by atoms with van der Waals surface area (Å²) in [5, 5.41) is 14.0. The molecule has 1 aromatic rings. The molecule has 0 atom stereocenters. The first-order valence-corrected chi connectivity index (χ1v) is 7.48. The summed E-state index contributed by atoms with van der Waals surface area (Å²) in [6.45, 7) is 5.59. The van der Waals surface area contributed by atoms with Gasteiger partial charge in [0.15, 0.2) is 0 Å². The van der Waals surface area contributed by atoms with E-state index < -0.39 is 4.92 Å². The Labute approximate surface area is 116 Å². The average molecular weight is 282 g/mol. The molecule has 0 bridgehead atoms. The fraction of sp³-hybridized carbons (Fsp3) is 0.583. The number of aryl methyl sites for hydroxylation is 1. The minimum atomic E-state index is -0.397. The highest BCUT2D eigenvalue weighted by Gasteiger charge is 2.15. The van der Waals surface area contributed by atoms with E-state index in [-0.39, 0.29) is 5.69 Å². The average Bonchev–Trinajstić information content (AvgIpc) is 2.39. The van der Waals surface area contributed by atoms with Crippen LogP contribution in [0.15, 0.2) is 12.1 Å². The molecule has 0 radical (unpaired) electrons. The Balaban J connectivity index is 1.91. The number of hydrogen-bond acceptors (Lipinski definition) is 6. The van der Waals surface area contributed by atoms with E-state index in [0.29, 0.717) is 12.4 Å². The van der Waals surface area contributed by atoms with Crippen LogP contribution in [0.2, 0.25) is 0 Å². The first kappa shape index (κ1) is 14.1. The van der Waals surface area contributed by atoms with Gasteiger partial charge in [-0.05, 0) is 13.0 Å². The molecular weight excluding hydrogens is 264 g/mol. The van der Waals surface area contributed by atoms with Crippen LogP contribution in [-0.4, -0.2) is 52.5 Å². The van der Waals surface area contributed by atoms with E-state index in [2.05, 4.69) is 15.2 Å². The third kappa shape index (κ3) is 4.07. The highest BCUT2D eigenvalue weighted by Crippen LogP contribution is 2.21. The van der Waals surface area contributed by atoms with Gasteiger partial charge in [-0.1, -0.05) is 0 Å². The molecule has 19 heavy (non-hydrogen) atoms. The SMILES string of the molecule is Cc1ccc([N+](=O)[O-])c(NCCN2CCSCC2)n1. The van der Waals surface area contributed by atoms with E-state index in [4.69, 9.17) is 0 Å². The molecule has 0 unspecified atom stereocenters. The topological polar surface area (TPSA) is 71.3 Å². The second-order valence-corrected chi connectivity index (χ2v) is 5.68.